The van der Waals surface area contributed by atoms with Crippen LogP contribution in [-0.4, -0.2) is 35.5 Å². The smallest absolute Gasteiger partial charge is 0.256 e. The molecule has 2 heterocycles. The third-order valence-corrected chi connectivity index (χ3v) is 2.45. The van der Waals surface area contributed by atoms with Gasteiger partial charge in [0, 0.05) is 7.05 Å². The number of amides is 2. The molecule has 2 amide bonds. The fraction of sp³-hybridized carbons (Fsp3) is 0.667. The lowest BCUT2D eigenvalue weighted by Gasteiger charge is -2.24. The minimum atomic E-state index is -0.906. The van der Waals surface area contributed by atoms with E-state index in [4.69, 9.17) is 0 Å². The van der Waals surface area contributed by atoms with E-state index in [0.29, 0.717) is 0 Å². The average Bonchev–Trinajstić information content (AvgIpc) is 2.39. The zero-order valence-corrected chi connectivity index (χ0v) is 6.74. The van der Waals surface area contributed by atoms with Gasteiger partial charge >= 0.3 is 0 Å². The molecule has 2 unspecified atom stereocenters. The predicted molar refractivity (Wildman–Crippen MR) is 38.0 cm³/mol. The quantitative estimate of drug-likeness (QED) is 0.475. The molecular weight excluding hydrogens is 160 g/mol. The summed E-state index contributed by atoms with van der Waals surface area (Å²) in [6, 6.07) is -0.671. The van der Waals surface area contributed by atoms with Crippen LogP contribution in [0.25, 0.3) is 0 Å². The summed E-state index contributed by atoms with van der Waals surface area (Å²) in [5, 5.41) is 11.0. The molecule has 0 spiro atoms. The largest absolute Gasteiger partial charge is 0.292 e. The third kappa shape index (κ3) is 0.556. The maximum atomic E-state index is 11.3. The van der Waals surface area contributed by atoms with Crippen molar-refractivity contribution in [1.82, 2.24) is 10.3 Å². The Morgan fingerprint density at radius 3 is 2.83 bits per heavy atom. The maximum Gasteiger partial charge on any atom is 0.256 e. The lowest BCUT2D eigenvalue weighted by atomic mass is 9.96. The SMILES string of the molecule is CN1N=NC2C(=O)NC(=O)C21C. The van der Waals surface area contributed by atoms with E-state index in [1.807, 2.05) is 0 Å². The molecule has 0 aromatic carbocycles. The summed E-state index contributed by atoms with van der Waals surface area (Å²) in [5.74, 6) is -0.694. The Morgan fingerprint density at radius 2 is 2.25 bits per heavy atom. The molecule has 0 aromatic heterocycles. The number of nitrogens with one attached hydrogen (secondary N) is 1. The van der Waals surface area contributed by atoms with E-state index >= 15 is 0 Å². The molecule has 12 heavy (non-hydrogen) atoms. The van der Waals surface area contributed by atoms with Gasteiger partial charge in [-0.25, -0.2) is 0 Å². The second-order valence-electron chi connectivity index (χ2n) is 3.10. The van der Waals surface area contributed by atoms with Gasteiger partial charge in [-0.15, -0.1) is 0 Å². The summed E-state index contributed by atoms with van der Waals surface area (Å²) in [7, 11) is 1.63. The van der Waals surface area contributed by atoms with Crippen LogP contribution in [0.2, 0.25) is 0 Å². The van der Waals surface area contributed by atoms with Crippen molar-refractivity contribution >= 4 is 11.8 Å². The number of hydrogen-bond acceptors (Lipinski definition) is 5. The van der Waals surface area contributed by atoms with Gasteiger partial charge in [0.2, 0.25) is 0 Å². The van der Waals surface area contributed by atoms with Crippen LogP contribution in [0.4, 0.5) is 0 Å². The van der Waals surface area contributed by atoms with Crippen LogP contribution in [0, 0.1) is 0 Å². The standard InChI is InChI=1S/C6H8N4O2/c1-6-3(8-9-10(6)2)4(11)7-5(6)12/h3H,1-2H3,(H,7,11,12). The Balaban J connectivity index is 2.48. The molecule has 0 radical (unpaired) electrons. The van der Waals surface area contributed by atoms with E-state index in [-0.39, 0.29) is 11.8 Å². The molecule has 64 valence electrons. The number of carbonyl (C=O) groups is 2. The predicted octanol–water partition coefficient (Wildman–Crippen LogP) is -0.917. The van der Waals surface area contributed by atoms with Crippen molar-refractivity contribution in [2.24, 2.45) is 10.3 Å². The topological polar surface area (TPSA) is 74.1 Å². The minimum Gasteiger partial charge on any atom is -0.292 e. The van der Waals surface area contributed by atoms with Gasteiger partial charge in [0.05, 0.1) is 0 Å². The number of hydrogen-bond donors (Lipinski definition) is 1. The van der Waals surface area contributed by atoms with Gasteiger partial charge in [-0.05, 0) is 6.92 Å². The van der Waals surface area contributed by atoms with Crippen molar-refractivity contribution in [3.8, 4) is 0 Å². The summed E-state index contributed by atoms with van der Waals surface area (Å²) in [6.45, 7) is 1.65. The lowest BCUT2D eigenvalue weighted by Crippen LogP contribution is -2.49. The highest BCUT2D eigenvalue weighted by Gasteiger charge is 2.58. The first-order chi connectivity index (χ1) is 5.56. The molecular formula is C6H8N4O2. The first-order valence-electron chi connectivity index (χ1n) is 3.56. The Hall–Kier alpha value is -1.46. The molecule has 1 N–H and O–H groups in total. The van der Waals surface area contributed by atoms with E-state index in [1.54, 1.807) is 14.0 Å². The monoisotopic (exact) mass is 168 g/mol. The van der Waals surface area contributed by atoms with Gasteiger partial charge in [-0.1, -0.05) is 5.22 Å². The van der Waals surface area contributed by atoms with E-state index < -0.39 is 11.6 Å². The molecule has 0 bridgehead atoms. The highest BCUT2D eigenvalue weighted by Crippen LogP contribution is 2.31. The Bertz CT molecular complexity index is 300. The van der Waals surface area contributed by atoms with Crippen molar-refractivity contribution in [3.05, 3.63) is 0 Å². The van der Waals surface area contributed by atoms with Crippen molar-refractivity contribution < 1.29 is 9.59 Å². The Labute approximate surface area is 68.6 Å². The zero-order chi connectivity index (χ0) is 8.93. The molecule has 0 aromatic rings. The fourth-order valence-corrected chi connectivity index (χ4v) is 1.40. The number of imide groups is 1. The highest BCUT2D eigenvalue weighted by atomic mass is 16.2. The van der Waals surface area contributed by atoms with Crippen molar-refractivity contribution in [3.63, 3.8) is 0 Å². The molecule has 2 aliphatic heterocycles. The van der Waals surface area contributed by atoms with Gasteiger partial charge in [0.1, 0.15) is 0 Å². The summed E-state index contributed by atoms with van der Waals surface area (Å²) in [6.07, 6.45) is 0. The average molecular weight is 168 g/mol. The molecule has 0 aliphatic carbocycles. The molecule has 6 nitrogen and oxygen atoms in total. The van der Waals surface area contributed by atoms with Crippen LogP contribution in [0.3, 0.4) is 0 Å². The van der Waals surface area contributed by atoms with E-state index in [0.717, 1.165) is 0 Å². The number of likely N-dealkylation sites (N-methyl/N-ethyl adjacent to an activating group) is 1. The van der Waals surface area contributed by atoms with Crippen LogP contribution >= 0.6 is 0 Å². The lowest BCUT2D eigenvalue weighted by molar-refractivity contribution is -0.128. The summed E-state index contributed by atoms with van der Waals surface area (Å²) in [5.41, 5.74) is -0.906. The van der Waals surface area contributed by atoms with E-state index in [1.165, 1.54) is 5.01 Å². The number of carbonyl (C=O) groups excluding carboxylic acids is 2. The maximum absolute atomic E-state index is 11.3. The third-order valence-electron chi connectivity index (χ3n) is 2.45. The van der Waals surface area contributed by atoms with Gasteiger partial charge in [-0.3, -0.25) is 19.9 Å². The number of nitrogens with zero attached hydrogens (tertiary/aromatic N) is 3. The molecule has 2 atom stereocenters. The first kappa shape index (κ1) is 7.20. The molecule has 1 saturated heterocycles. The first-order valence-corrected chi connectivity index (χ1v) is 3.56. The van der Waals surface area contributed by atoms with Crippen LogP contribution in [0.1, 0.15) is 6.92 Å². The van der Waals surface area contributed by atoms with Gasteiger partial charge in [-0.2, -0.15) is 5.11 Å². The zero-order valence-electron chi connectivity index (χ0n) is 6.74. The Kier molecular flexibility index (Phi) is 1.09. The number of rotatable bonds is 0. The van der Waals surface area contributed by atoms with Crippen LogP contribution < -0.4 is 5.32 Å². The van der Waals surface area contributed by atoms with Crippen LogP contribution in [-0.2, 0) is 9.59 Å². The molecule has 0 saturated carbocycles. The fourth-order valence-electron chi connectivity index (χ4n) is 1.40. The van der Waals surface area contributed by atoms with E-state index in [2.05, 4.69) is 15.7 Å². The second kappa shape index (κ2) is 1.82. The summed E-state index contributed by atoms with van der Waals surface area (Å²) < 4.78 is 0. The van der Waals surface area contributed by atoms with E-state index in [9.17, 15) is 9.59 Å². The highest BCUT2D eigenvalue weighted by molar-refractivity contribution is 6.11. The van der Waals surface area contributed by atoms with Crippen molar-refractivity contribution in [2.45, 2.75) is 18.5 Å². The van der Waals surface area contributed by atoms with Gasteiger partial charge < -0.3 is 0 Å². The summed E-state index contributed by atoms with van der Waals surface area (Å²) in [4.78, 5) is 22.4. The molecule has 1 fully saturated rings. The van der Waals surface area contributed by atoms with Crippen molar-refractivity contribution in [2.75, 3.05) is 7.05 Å². The van der Waals surface area contributed by atoms with Crippen LogP contribution in [0.15, 0.2) is 10.3 Å². The molecule has 6 heteroatoms. The normalized spacial score (nSPS) is 38.8. The molecule has 2 rings (SSSR count). The van der Waals surface area contributed by atoms with Crippen LogP contribution in [0.5, 0.6) is 0 Å². The summed E-state index contributed by atoms with van der Waals surface area (Å²) >= 11 is 0. The molecule has 2 aliphatic rings. The number of fused-ring (bicyclic) bond motifs is 1. The van der Waals surface area contributed by atoms with Crippen molar-refractivity contribution in [1.29, 1.82) is 0 Å². The van der Waals surface area contributed by atoms with Gasteiger partial charge in [0.25, 0.3) is 11.8 Å². The second-order valence-corrected chi connectivity index (χ2v) is 3.10. The Morgan fingerprint density at radius 1 is 1.58 bits per heavy atom. The minimum absolute atomic E-state index is 0.329. The van der Waals surface area contributed by atoms with Gasteiger partial charge in [0.15, 0.2) is 11.6 Å².